The van der Waals surface area contributed by atoms with Crippen molar-refractivity contribution in [3.63, 3.8) is 0 Å². The molecule has 1 aliphatic heterocycles. The summed E-state index contributed by atoms with van der Waals surface area (Å²) in [6, 6.07) is 9.14. The summed E-state index contributed by atoms with van der Waals surface area (Å²) in [4.78, 5) is 14.2. The van der Waals surface area contributed by atoms with Crippen LogP contribution in [0, 0.1) is 0 Å². The molecule has 128 valence electrons. The lowest BCUT2D eigenvalue weighted by molar-refractivity contribution is 0.0523. The molecule has 1 amide bonds. The smallest absolute Gasteiger partial charge is 0.407 e. The third-order valence-electron chi connectivity index (χ3n) is 4.09. The van der Waals surface area contributed by atoms with E-state index in [1.807, 2.05) is 39.0 Å². The van der Waals surface area contributed by atoms with Crippen LogP contribution < -0.4 is 10.6 Å². The van der Waals surface area contributed by atoms with E-state index in [4.69, 9.17) is 4.74 Å². The predicted molar refractivity (Wildman–Crippen MR) is 93.6 cm³/mol. The first-order valence-corrected chi connectivity index (χ1v) is 8.26. The molecule has 0 radical (unpaired) electrons. The molecule has 2 atom stereocenters. The van der Waals surface area contributed by atoms with Crippen LogP contribution in [0.1, 0.15) is 39.7 Å². The molecule has 2 unspecified atom stereocenters. The summed E-state index contributed by atoms with van der Waals surface area (Å²) in [6.45, 7) is 9.32. The van der Waals surface area contributed by atoms with E-state index in [0.29, 0.717) is 18.6 Å². The molecule has 0 aromatic heterocycles. The van der Waals surface area contributed by atoms with E-state index in [-0.39, 0.29) is 6.09 Å². The molecule has 5 heteroatoms. The Balaban J connectivity index is 1.94. The number of anilines is 1. The Bertz CT molecular complexity index is 529. The van der Waals surface area contributed by atoms with Gasteiger partial charge in [-0.1, -0.05) is 18.2 Å². The van der Waals surface area contributed by atoms with E-state index in [9.17, 15) is 4.79 Å². The van der Waals surface area contributed by atoms with Crippen molar-refractivity contribution in [3.8, 4) is 0 Å². The average molecular weight is 319 g/mol. The maximum absolute atomic E-state index is 11.8. The van der Waals surface area contributed by atoms with Crippen molar-refractivity contribution in [1.29, 1.82) is 0 Å². The number of amides is 1. The molecule has 1 aromatic carbocycles. The third kappa shape index (κ3) is 5.43. The number of likely N-dealkylation sites (N-methyl/N-ethyl adjacent to an activating group) is 1. The molecule has 1 aromatic rings. The van der Waals surface area contributed by atoms with Crippen molar-refractivity contribution in [2.45, 2.75) is 58.3 Å². The van der Waals surface area contributed by atoms with Gasteiger partial charge in [-0.25, -0.2) is 4.79 Å². The van der Waals surface area contributed by atoms with Crippen LogP contribution in [-0.2, 0) is 11.3 Å². The normalized spacial score (nSPS) is 22.0. The number of nitrogens with zero attached hydrogens (tertiary/aromatic N) is 1. The van der Waals surface area contributed by atoms with Gasteiger partial charge < -0.3 is 20.3 Å². The molecule has 0 spiro atoms. The number of hydrogen-bond donors (Lipinski definition) is 2. The van der Waals surface area contributed by atoms with Crippen molar-refractivity contribution >= 4 is 11.8 Å². The highest BCUT2D eigenvalue weighted by molar-refractivity contribution is 5.68. The molecule has 5 nitrogen and oxygen atoms in total. The van der Waals surface area contributed by atoms with Crippen LogP contribution in [0.3, 0.4) is 0 Å². The highest BCUT2D eigenvalue weighted by Crippen LogP contribution is 2.22. The zero-order chi connectivity index (χ0) is 17.0. The molecule has 0 aliphatic carbocycles. The number of para-hydroxylation sites is 1. The van der Waals surface area contributed by atoms with E-state index in [1.54, 1.807) is 0 Å². The van der Waals surface area contributed by atoms with Gasteiger partial charge in [0.25, 0.3) is 0 Å². The van der Waals surface area contributed by atoms with Gasteiger partial charge in [0.2, 0.25) is 0 Å². The van der Waals surface area contributed by atoms with Crippen molar-refractivity contribution in [1.82, 2.24) is 10.2 Å². The maximum atomic E-state index is 11.8. The summed E-state index contributed by atoms with van der Waals surface area (Å²) in [5.41, 5.74) is 1.67. The Morgan fingerprint density at radius 2 is 2.04 bits per heavy atom. The number of hydrogen-bond acceptors (Lipinski definition) is 4. The van der Waals surface area contributed by atoms with Gasteiger partial charge in [-0.05, 0) is 52.8 Å². The quantitative estimate of drug-likeness (QED) is 0.895. The minimum absolute atomic E-state index is 0.387. The Labute approximate surface area is 139 Å². The Kier molecular flexibility index (Phi) is 5.52. The number of nitrogens with one attached hydrogen (secondary N) is 2. The average Bonchev–Trinajstić information content (AvgIpc) is 2.74. The number of likely N-dealkylation sites (tertiary alicyclic amines) is 1. The van der Waals surface area contributed by atoms with Gasteiger partial charge in [0.1, 0.15) is 5.60 Å². The molecule has 0 saturated carbocycles. The Morgan fingerprint density at radius 3 is 2.65 bits per heavy atom. The molecule has 1 fully saturated rings. The molecular formula is C18H29N3O2. The van der Waals surface area contributed by atoms with Crippen LogP contribution in [0.4, 0.5) is 10.5 Å². The number of alkyl carbamates (subject to hydrolysis) is 1. The van der Waals surface area contributed by atoms with E-state index < -0.39 is 5.60 Å². The van der Waals surface area contributed by atoms with Crippen LogP contribution in [0.25, 0.3) is 0 Å². The number of benzene rings is 1. The first kappa shape index (κ1) is 17.6. The molecule has 23 heavy (non-hydrogen) atoms. The second-order valence-corrected chi connectivity index (χ2v) is 7.38. The molecular weight excluding hydrogens is 290 g/mol. The van der Waals surface area contributed by atoms with Crippen molar-refractivity contribution in [3.05, 3.63) is 29.8 Å². The molecule has 1 aliphatic rings. The standard InChI is InChI=1S/C18H29N3O2/c1-13-10-15(12-21(13)5)20-16-9-7-6-8-14(16)11-19-17(22)23-18(2,3)4/h6-9,13,15,20H,10-12H2,1-5H3,(H,19,22). The van der Waals surface area contributed by atoms with Crippen LogP contribution in [0.5, 0.6) is 0 Å². The fourth-order valence-corrected chi connectivity index (χ4v) is 2.82. The second kappa shape index (κ2) is 7.21. The summed E-state index contributed by atoms with van der Waals surface area (Å²) in [7, 11) is 2.16. The molecule has 2 N–H and O–H groups in total. The van der Waals surface area contributed by atoms with Crippen molar-refractivity contribution in [2.24, 2.45) is 0 Å². The fraction of sp³-hybridized carbons (Fsp3) is 0.611. The van der Waals surface area contributed by atoms with E-state index in [2.05, 4.69) is 35.6 Å². The lowest BCUT2D eigenvalue weighted by Crippen LogP contribution is -2.32. The monoisotopic (exact) mass is 319 g/mol. The number of ether oxygens (including phenoxy) is 1. The molecule has 1 saturated heterocycles. The van der Waals surface area contributed by atoms with Gasteiger partial charge in [-0.2, -0.15) is 0 Å². The van der Waals surface area contributed by atoms with Crippen molar-refractivity contribution < 1.29 is 9.53 Å². The zero-order valence-electron chi connectivity index (χ0n) is 14.8. The minimum atomic E-state index is -0.480. The minimum Gasteiger partial charge on any atom is -0.444 e. The first-order valence-electron chi connectivity index (χ1n) is 8.26. The van der Waals surface area contributed by atoms with Crippen molar-refractivity contribution in [2.75, 3.05) is 18.9 Å². The summed E-state index contributed by atoms with van der Waals surface area (Å²) in [6.07, 6.45) is 0.742. The molecule has 0 bridgehead atoms. The van der Waals surface area contributed by atoms with Gasteiger partial charge in [0.05, 0.1) is 0 Å². The fourth-order valence-electron chi connectivity index (χ4n) is 2.82. The SMILES string of the molecule is CC1CC(Nc2ccccc2CNC(=O)OC(C)(C)C)CN1C. The van der Waals surface area contributed by atoms with E-state index >= 15 is 0 Å². The number of carbonyl (C=O) groups is 1. The highest BCUT2D eigenvalue weighted by atomic mass is 16.6. The molecule has 2 rings (SSSR count). The lowest BCUT2D eigenvalue weighted by atomic mass is 10.1. The Hall–Kier alpha value is -1.75. The van der Waals surface area contributed by atoms with Gasteiger partial charge >= 0.3 is 6.09 Å². The van der Waals surface area contributed by atoms with Gasteiger partial charge in [-0.3, -0.25) is 0 Å². The van der Waals surface area contributed by atoms with Crippen LogP contribution >= 0.6 is 0 Å². The lowest BCUT2D eigenvalue weighted by Gasteiger charge is -2.21. The number of carbonyl (C=O) groups excluding carboxylic acids is 1. The highest BCUT2D eigenvalue weighted by Gasteiger charge is 2.26. The largest absolute Gasteiger partial charge is 0.444 e. The van der Waals surface area contributed by atoms with Gasteiger partial charge in [0, 0.05) is 30.9 Å². The van der Waals surface area contributed by atoms with E-state index in [0.717, 1.165) is 24.2 Å². The first-order chi connectivity index (χ1) is 10.7. The summed E-state index contributed by atoms with van der Waals surface area (Å²) in [5, 5.41) is 6.44. The summed E-state index contributed by atoms with van der Waals surface area (Å²) in [5.74, 6) is 0. The maximum Gasteiger partial charge on any atom is 0.407 e. The zero-order valence-corrected chi connectivity index (χ0v) is 14.8. The van der Waals surface area contributed by atoms with Gasteiger partial charge in [-0.15, -0.1) is 0 Å². The summed E-state index contributed by atoms with van der Waals surface area (Å²) >= 11 is 0. The third-order valence-corrected chi connectivity index (χ3v) is 4.09. The topological polar surface area (TPSA) is 53.6 Å². The van der Waals surface area contributed by atoms with Crippen LogP contribution in [0.15, 0.2) is 24.3 Å². The molecule has 1 heterocycles. The van der Waals surface area contributed by atoms with Crippen LogP contribution in [-0.4, -0.2) is 42.3 Å². The van der Waals surface area contributed by atoms with Crippen LogP contribution in [0.2, 0.25) is 0 Å². The van der Waals surface area contributed by atoms with E-state index in [1.165, 1.54) is 0 Å². The predicted octanol–water partition coefficient (Wildman–Crippen LogP) is 3.22. The second-order valence-electron chi connectivity index (χ2n) is 7.38. The Morgan fingerprint density at radius 1 is 1.35 bits per heavy atom. The van der Waals surface area contributed by atoms with Gasteiger partial charge in [0.15, 0.2) is 0 Å². The number of rotatable bonds is 4. The summed E-state index contributed by atoms with van der Waals surface area (Å²) < 4.78 is 5.28.